The third kappa shape index (κ3) is 3.03. The van der Waals surface area contributed by atoms with Crippen LogP contribution in [0.5, 0.6) is 0 Å². The highest BCUT2D eigenvalue weighted by atomic mass is 16.4. The zero-order chi connectivity index (χ0) is 14.9. The summed E-state index contributed by atoms with van der Waals surface area (Å²) < 4.78 is 0. The Morgan fingerprint density at radius 1 is 1.45 bits per heavy atom. The predicted octanol–water partition coefficient (Wildman–Crippen LogP) is 2.15. The molecule has 1 aromatic rings. The number of nitrogens with zero attached hydrogens (tertiary/aromatic N) is 3. The molecule has 110 valence electrons. The van der Waals surface area contributed by atoms with Crippen molar-refractivity contribution in [2.24, 2.45) is 16.3 Å². The third-order valence-corrected chi connectivity index (χ3v) is 3.49. The van der Waals surface area contributed by atoms with Gasteiger partial charge in [0, 0.05) is 19.3 Å². The van der Waals surface area contributed by atoms with Crippen molar-refractivity contribution in [2.45, 2.75) is 40.0 Å². The first kappa shape index (κ1) is 14.6. The Morgan fingerprint density at radius 3 is 2.75 bits per heavy atom. The van der Waals surface area contributed by atoms with Gasteiger partial charge in [-0.15, -0.1) is 0 Å². The van der Waals surface area contributed by atoms with Crippen LogP contribution in [-0.2, 0) is 12.8 Å². The molecule has 1 heterocycles. The molecule has 2 rings (SSSR count). The average molecular weight is 276 g/mol. The molecule has 0 amide bonds. The first-order valence-corrected chi connectivity index (χ1v) is 7.03. The molecule has 5 nitrogen and oxygen atoms in total. The molecular formula is C15H24N4O. The lowest BCUT2D eigenvalue weighted by atomic mass is 9.96. The lowest BCUT2D eigenvalue weighted by Gasteiger charge is -2.29. The van der Waals surface area contributed by atoms with E-state index in [1.54, 1.807) is 0 Å². The molecule has 0 atom stereocenters. The Bertz CT molecular complexity index is 531. The SMILES string of the molecule is CN(CC(C)(C)C)c1nc2c(cc1C(N)=NO)CCC2. The van der Waals surface area contributed by atoms with Gasteiger partial charge in [-0.1, -0.05) is 25.9 Å². The second-order valence-corrected chi connectivity index (χ2v) is 6.72. The van der Waals surface area contributed by atoms with Gasteiger partial charge in [0.1, 0.15) is 5.82 Å². The highest BCUT2D eigenvalue weighted by Gasteiger charge is 2.22. The summed E-state index contributed by atoms with van der Waals surface area (Å²) in [5.41, 5.74) is 9.07. The lowest BCUT2D eigenvalue weighted by molar-refractivity contribution is 0.318. The van der Waals surface area contributed by atoms with Crippen LogP contribution in [-0.4, -0.2) is 29.6 Å². The van der Waals surface area contributed by atoms with E-state index < -0.39 is 0 Å². The van der Waals surface area contributed by atoms with E-state index in [1.165, 1.54) is 5.56 Å². The maximum Gasteiger partial charge on any atom is 0.173 e. The summed E-state index contributed by atoms with van der Waals surface area (Å²) in [6.45, 7) is 7.39. The zero-order valence-electron chi connectivity index (χ0n) is 12.8. The van der Waals surface area contributed by atoms with Crippen molar-refractivity contribution in [1.29, 1.82) is 0 Å². The minimum atomic E-state index is 0.128. The van der Waals surface area contributed by atoms with Crippen molar-refractivity contribution in [3.63, 3.8) is 0 Å². The molecule has 0 saturated heterocycles. The lowest BCUT2D eigenvalue weighted by Crippen LogP contribution is -2.32. The first-order chi connectivity index (χ1) is 9.31. The maximum atomic E-state index is 8.99. The van der Waals surface area contributed by atoms with Crippen molar-refractivity contribution >= 4 is 11.7 Å². The number of hydrogen-bond acceptors (Lipinski definition) is 4. The van der Waals surface area contributed by atoms with Crippen molar-refractivity contribution in [1.82, 2.24) is 4.98 Å². The molecule has 0 unspecified atom stereocenters. The van der Waals surface area contributed by atoms with Gasteiger partial charge in [-0.25, -0.2) is 4.98 Å². The molecular weight excluding hydrogens is 252 g/mol. The Morgan fingerprint density at radius 2 is 2.15 bits per heavy atom. The van der Waals surface area contributed by atoms with Crippen LogP contribution in [0.2, 0.25) is 0 Å². The smallest absolute Gasteiger partial charge is 0.173 e. The van der Waals surface area contributed by atoms with Crippen LogP contribution in [0.3, 0.4) is 0 Å². The quantitative estimate of drug-likeness (QED) is 0.384. The fraction of sp³-hybridized carbons (Fsp3) is 0.600. The summed E-state index contributed by atoms with van der Waals surface area (Å²) >= 11 is 0. The molecule has 5 heteroatoms. The molecule has 0 aromatic carbocycles. The molecule has 0 spiro atoms. The van der Waals surface area contributed by atoms with Gasteiger partial charge in [0.25, 0.3) is 0 Å². The number of aryl methyl sites for hydroxylation is 2. The molecule has 20 heavy (non-hydrogen) atoms. The van der Waals surface area contributed by atoms with Gasteiger partial charge in [-0.05, 0) is 36.3 Å². The topological polar surface area (TPSA) is 74.7 Å². The van der Waals surface area contributed by atoms with E-state index in [0.717, 1.165) is 42.9 Å². The van der Waals surface area contributed by atoms with Crippen molar-refractivity contribution in [2.75, 3.05) is 18.5 Å². The van der Waals surface area contributed by atoms with Crippen LogP contribution >= 0.6 is 0 Å². The summed E-state index contributed by atoms with van der Waals surface area (Å²) in [5.74, 6) is 0.929. The monoisotopic (exact) mass is 276 g/mol. The number of amidine groups is 1. The zero-order valence-corrected chi connectivity index (χ0v) is 12.8. The minimum absolute atomic E-state index is 0.128. The van der Waals surface area contributed by atoms with E-state index in [2.05, 4.69) is 30.8 Å². The largest absolute Gasteiger partial charge is 0.409 e. The van der Waals surface area contributed by atoms with Crippen LogP contribution in [0.25, 0.3) is 0 Å². The Balaban J connectivity index is 2.45. The Hall–Kier alpha value is -1.78. The maximum absolute atomic E-state index is 8.99. The van der Waals surface area contributed by atoms with E-state index in [0.29, 0.717) is 0 Å². The highest BCUT2D eigenvalue weighted by Crippen LogP contribution is 2.28. The summed E-state index contributed by atoms with van der Waals surface area (Å²) in [5, 5.41) is 12.1. The summed E-state index contributed by atoms with van der Waals surface area (Å²) in [6.07, 6.45) is 3.17. The second-order valence-electron chi connectivity index (χ2n) is 6.72. The van der Waals surface area contributed by atoms with Crippen LogP contribution in [0.1, 0.15) is 44.0 Å². The number of rotatable bonds is 3. The van der Waals surface area contributed by atoms with Crippen molar-refractivity contribution in [3.8, 4) is 0 Å². The molecule has 1 aliphatic rings. The van der Waals surface area contributed by atoms with Crippen molar-refractivity contribution < 1.29 is 5.21 Å². The summed E-state index contributed by atoms with van der Waals surface area (Å²) in [4.78, 5) is 6.85. The molecule has 0 bridgehead atoms. The average Bonchev–Trinajstić information content (AvgIpc) is 2.81. The molecule has 1 aromatic heterocycles. The number of fused-ring (bicyclic) bond motifs is 1. The Labute approximate surface area is 120 Å². The number of hydrogen-bond donors (Lipinski definition) is 2. The van der Waals surface area contributed by atoms with Gasteiger partial charge in [-0.3, -0.25) is 0 Å². The number of aromatic nitrogens is 1. The predicted molar refractivity (Wildman–Crippen MR) is 81.5 cm³/mol. The van der Waals surface area contributed by atoms with E-state index >= 15 is 0 Å². The highest BCUT2D eigenvalue weighted by molar-refractivity contribution is 6.01. The molecule has 1 aliphatic carbocycles. The standard InChI is InChI=1S/C15H24N4O/c1-15(2,3)9-19(4)14-11(13(16)18-20)8-10-6-5-7-12(10)17-14/h8,20H,5-7,9H2,1-4H3,(H2,16,18). The van der Waals surface area contributed by atoms with E-state index in [9.17, 15) is 0 Å². The van der Waals surface area contributed by atoms with E-state index in [4.69, 9.17) is 15.9 Å². The molecule has 0 aliphatic heterocycles. The number of anilines is 1. The number of pyridine rings is 1. The van der Waals surface area contributed by atoms with Crippen molar-refractivity contribution in [3.05, 3.63) is 22.9 Å². The number of oxime groups is 1. The minimum Gasteiger partial charge on any atom is -0.409 e. The van der Waals surface area contributed by atoms with Crippen LogP contribution < -0.4 is 10.6 Å². The fourth-order valence-corrected chi connectivity index (χ4v) is 2.78. The van der Waals surface area contributed by atoms with Gasteiger partial charge in [0.2, 0.25) is 0 Å². The Kier molecular flexibility index (Phi) is 3.88. The fourth-order valence-electron chi connectivity index (χ4n) is 2.78. The second kappa shape index (κ2) is 5.31. The van der Waals surface area contributed by atoms with Gasteiger partial charge in [0.15, 0.2) is 5.84 Å². The van der Waals surface area contributed by atoms with Gasteiger partial charge in [-0.2, -0.15) is 0 Å². The van der Waals surface area contributed by atoms with Gasteiger partial charge in [0.05, 0.1) is 5.56 Å². The molecule has 0 fully saturated rings. The molecule has 3 N–H and O–H groups in total. The number of nitrogens with two attached hydrogens (primary N) is 1. The van der Waals surface area contributed by atoms with Gasteiger partial charge >= 0.3 is 0 Å². The van der Waals surface area contributed by atoms with Crippen LogP contribution in [0.15, 0.2) is 11.2 Å². The summed E-state index contributed by atoms with van der Waals surface area (Å²) in [6, 6.07) is 2.03. The molecule has 0 radical (unpaired) electrons. The first-order valence-electron chi connectivity index (χ1n) is 7.03. The summed E-state index contributed by atoms with van der Waals surface area (Å²) in [7, 11) is 2.00. The van der Waals surface area contributed by atoms with Crippen LogP contribution in [0.4, 0.5) is 5.82 Å². The molecule has 0 saturated carbocycles. The van der Waals surface area contributed by atoms with E-state index in [1.807, 2.05) is 13.1 Å². The third-order valence-electron chi connectivity index (χ3n) is 3.49. The van der Waals surface area contributed by atoms with E-state index in [-0.39, 0.29) is 11.3 Å². The van der Waals surface area contributed by atoms with Gasteiger partial charge < -0.3 is 15.8 Å². The normalized spacial score (nSPS) is 15.3. The van der Waals surface area contributed by atoms with Crippen LogP contribution in [0, 0.1) is 5.41 Å².